The third-order valence-electron chi connectivity index (χ3n) is 3.94. The number of nitrogens with one attached hydrogen (secondary N) is 1. The van der Waals surface area contributed by atoms with Crippen LogP contribution in [0.2, 0.25) is 0 Å². The number of rotatable bonds is 3. The van der Waals surface area contributed by atoms with Crippen molar-refractivity contribution in [3.63, 3.8) is 0 Å². The van der Waals surface area contributed by atoms with Crippen molar-refractivity contribution in [1.29, 1.82) is 5.26 Å². The lowest BCUT2D eigenvalue weighted by Crippen LogP contribution is -2.34. The first-order chi connectivity index (χ1) is 8.88. The fourth-order valence-electron chi connectivity index (χ4n) is 2.57. The van der Waals surface area contributed by atoms with Gasteiger partial charge in [-0.1, -0.05) is 20.8 Å². The normalized spacial score (nSPS) is 24.5. The minimum Gasteiger partial charge on any atom is -0.465 e. The van der Waals surface area contributed by atoms with Gasteiger partial charge in [-0.05, 0) is 37.0 Å². The molecule has 0 aromatic heterocycles. The van der Waals surface area contributed by atoms with Crippen LogP contribution in [0.5, 0.6) is 0 Å². The summed E-state index contributed by atoms with van der Waals surface area (Å²) < 4.78 is 4.54. The minimum absolute atomic E-state index is 0.0282. The van der Waals surface area contributed by atoms with Crippen molar-refractivity contribution in [3.8, 4) is 6.07 Å². The number of esters is 1. The first-order valence-electron chi connectivity index (χ1n) is 6.83. The maximum atomic E-state index is 11.2. The van der Waals surface area contributed by atoms with Gasteiger partial charge in [-0.15, -0.1) is 0 Å². The lowest BCUT2D eigenvalue weighted by atomic mass is 9.71. The molecule has 4 nitrogen and oxygen atoms in total. The number of carbonyl (C=O) groups is 1. The first-order valence-corrected chi connectivity index (χ1v) is 6.83. The van der Waals surface area contributed by atoms with Crippen molar-refractivity contribution in [3.05, 3.63) is 11.8 Å². The third-order valence-corrected chi connectivity index (χ3v) is 3.94. The highest BCUT2D eigenvalue weighted by atomic mass is 16.5. The van der Waals surface area contributed by atoms with Gasteiger partial charge in [0.25, 0.3) is 0 Å². The molecule has 1 N–H and O–H groups in total. The van der Waals surface area contributed by atoms with Gasteiger partial charge >= 0.3 is 5.97 Å². The molecule has 106 valence electrons. The van der Waals surface area contributed by atoms with Crippen LogP contribution >= 0.6 is 0 Å². The van der Waals surface area contributed by atoms with Crippen molar-refractivity contribution >= 4 is 5.97 Å². The monoisotopic (exact) mass is 264 g/mol. The van der Waals surface area contributed by atoms with E-state index in [4.69, 9.17) is 5.26 Å². The van der Waals surface area contributed by atoms with Crippen LogP contribution < -0.4 is 5.32 Å². The Morgan fingerprint density at radius 2 is 1.89 bits per heavy atom. The molecule has 0 heterocycles. The Bertz CT molecular complexity index is 380. The van der Waals surface area contributed by atoms with Gasteiger partial charge in [0.15, 0.2) is 5.57 Å². The van der Waals surface area contributed by atoms with Crippen molar-refractivity contribution in [2.45, 2.75) is 52.5 Å². The number of methoxy groups -OCH3 is 1. The van der Waals surface area contributed by atoms with Crippen LogP contribution in [-0.2, 0) is 9.53 Å². The van der Waals surface area contributed by atoms with Crippen molar-refractivity contribution in [1.82, 2.24) is 5.32 Å². The fraction of sp³-hybridized carbons (Fsp3) is 0.733. The third kappa shape index (κ3) is 4.59. The quantitative estimate of drug-likeness (QED) is 0.483. The Labute approximate surface area is 115 Å². The molecule has 0 atom stereocenters. The Kier molecular flexibility index (Phi) is 5.41. The maximum absolute atomic E-state index is 11.2. The van der Waals surface area contributed by atoms with Crippen molar-refractivity contribution in [2.24, 2.45) is 11.3 Å². The molecular formula is C15H24N2O2. The second kappa shape index (κ2) is 6.60. The molecule has 1 aliphatic rings. The zero-order chi connectivity index (χ0) is 14.5. The van der Waals surface area contributed by atoms with Crippen molar-refractivity contribution < 1.29 is 9.53 Å². The molecule has 0 aliphatic heterocycles. The van der Waals surface area contributed by atoms with E-state index >= 15 is 0 Å². The minimum atomic E-state index is -0.585. The molecule has 19 heavy (non-hydrogen) atoms. The molecular weight excluding hydrogens is 240 g/mol. The summed E-state index contributed by atoms with van der Waals surface area (Å²) in [5, 5.41) is 12.0. The number of nitriles is 1. The lowest BCUT2D eigenvalue weighted by molar-refractivity contribution is -0.135. The average molecular weight is 264 g/mol. The zero-order valence-electron chi connectivity index (χ0n) is 12.3. The standard InChI is InChI=1S/C15H24N2O2/c1-15(2,3)12-5-7-13(8-6-12)17-10-11(9-16)14(18)19-4/h10,12-13,17H,5-8H2,1-4H3/b11-10-. The molecule has 0 unspecified atom stereocenters. The molecule has 0 saturated heterocycles. The molecule has 1 saturated carbocycles. The van der Waals surface area contributed by atoms with Crippen LogP contribution in [0.3, 0.4) is 0 Å². The molecule has 0 spiro atoms. The van der Waals surface area contributed by atoms with Crippen molar-refractivity contribution in [2.75, 3.05) is 7.11 Å². The second-order valence-corrected chi connectivity index (χ2v) is 6.24. The summed E-state index contributed by atoms with van der Waals surface area (Å²) in [6.45, 7) is 6.86. The molecule has 0 aromatic carbocycles. The summed E-state index contributed by atoms with van der Waals surface area (Å²) in [6.07, 6.45) is 6.04. The number of carbonyl (C=O) groups excluding carboxylic acids is 1. The molecule has 0 radical (unpaired) electrons. The number of hydrogen-bond acceptors (Lipinski definition) is 4. The Balaban J connectivity index is 2.48. The van der Waals surface area contributed by atoms with Crippen LogP contribution in [0, 0.1) is 22.7 Å². The Morgan fingerprint density at radius 3 is 2.32 bits per heavy atom. The molecule has 0 aromatic rings. The van der Waals surface area contributed by atoms with E-state index in [1.165, 1.54) is 26.2 Å². The van der Waals surface area contributed by atoms with Crippen LogP contribution in [0.15, 0.2) is 11.8 Å². The predicted octanol–water partition coefficient (Wildman–Crippen LogP) is 2.76. The van der Waals surface area contributed by atoms with E-state index in [2.05, 4.69) is 30.8 Å². The molecule has 4 heteroatoms. The van der Waals surface area contributed by atoms with Crippen LogP contribution in [0.1, 0.15) is 46.5 Å². The van der Waals surface area contributed by atoms with E-state index in [-0.39, 0.29) is 5.57 Å². The largest absolute Gasteiger partial charge is 0.465 e. The van der Waals surface area contributed by atoms with E-state index in [1.807, 2.05) is 6.07 Å². The SMILES string of the molecule is COC(=O)/C(C#N)=C\NC1CCC(C(C)(C)C)CC1. The summed E-state index contributed by atoms with van der Waals surface area (Å²) in [5.74, 6) is 0.170. The smallest absolute Gasteiger partial charge is 0.350 e. The summed E-state index contributed by atoms with van der Waals surface area (Å²) in [5.41, 5.74) is 0.394. The van der Waals surface area contributed by atoms with Gasteiger partial charge in [0, 0.05) is 12.2 Å². The Hall–Kier alpha value is -1.50. The number of hydrogen-bond donors (Lipinski definition) is 1. The zero-order valence-corrected chi connectivity index (χ0v) is 12.3. The topological polar surface area (TPSA) is 62.1 Å². The van der Waals surface area contributed by atoms with Gasteiger partial charge in [0.1, 0.15) is 6.07 Å². The van der Waals surface area contributed by atoms with Crippen LogP contribution in [-0.4, -0.2) is 19.1 Å². The molecule has 0 amide bonds. The lowest BCUT2D eigenvalue weighted by Gasteiger charge is -2.37. The molecule has 1 aliphatic carbocycles. The fourth-order valence-corrected chi connectivity index (χ4v) is 2.57. The van der Waals surface area contributed by atoms with Gasteiger partial charge in [0.2, 0.25) is 0 Å². The summed E-state index contributed by atoms with van der Waals surface area (Å²) in [6, 6.07) is 2.20. The summed E-state index contributed by atoms with van der Waals surface area (Å²) in [4.78, 5) is 11.2. The summed E-state index contributed by atoms with van der Waals surface area (Å²) in [7, 11) is 1.28. The highest BCUT2D eigenvalue weighted by Gasteiger charge is 2.29. The van der Waals surface area contributed by atoms with E-state index in [9.17, 15) is 4.79 Å². The molecule has 1 rings (SSSR count). The predicted molar refractivity (Wildman–Crippen MR) is 74.0 cm³/mol. The van der Waals surface area contributed by atoms with E-state index in [0.29, 0.717) is 11.5 Å². The van der Waals surface area contributed by atoms with E-state index < -0.39 is 5.97 Å². The first kappa shape index (κ1) is 15.6. The Morgan fingerprint density at radius 1 is 1.32 bits per heavy atom. The number of nitrogens with zero attached hydrogens (tertiary/aromatic N) is 1. The van der Waals surface area contributed by atoms with Gasteiger partial charge in [-0.2, -0.15) is 5.26 Å². The van der Waals surface area contributed by atoms with E-state index in [1.54, 1.807) is 0 Å². The van der Waals surface area contributed by atoms with Gasteiger partial charge in [0.05, 0.1) is 7.11 Å². The van der Waals surface area contributed by atoms with Gasteiger partial charge < -0.3 is 10.1 Å². The van der Waals surface area contributed by atoms with Crippen LogP contribution in [0.4, 0.5) is 0 Å². The van der Waals surface area contributed by atoms with E-state index in [0.717, 1.165) is 18.8 Å². The summed E-state index contributed by atoms with van der Waals surface area (Å²) >= 11 is 0. The second-order valence-electron chi connectivity index (χ2n) is 6.24. The van der Waals surface area contributed by atoms with Gasteiger partial charge in [-0.25, -0.2) is 4.79 Å². The van der Waals surface area contributed by atoms with Gasteiger partial charge in [-0.3, -0.25) is 0 Å². The number of ether oxygens (including phenoxy) is 1. The van der Waals surface area contributed by atoms with Crippen LogP contribution in [0.25, 0.3) is 0 Å². The highest BCUT2D eigenvalue weighted by Crippen LogP contribution is 2.37. The highest BCUT2D eigenvalue weighted by molar-refractivity contribution is 5.92. The maximum Gasteiger partial charge on any atom is 0.350 e. The molecule has 0 bridgehead atoms. The average Bonchev–Trinajstić information content (AvgIpc) is 2.38. The molecule has 1 fully saturated rings.